The van der Waals surface area contributed by atoms with E-state index >= 15 is 0 Å². The molecule has 0 spiro atoms. The zero-order chi connectivity index (χ0) is 9.42. The molecule has 1 atom stereocenters. The third-order valence-corrected chi connectivity index (χ3v) is 3.02. The highest BCUT2D eigenvalue weighted by Gasteiger charge is 2.27. The molecule has 5 heteroatoms. The number of hydrogen-bond donors (Lipinski definition) is 0. The quantitative estimate of drug-likeness (QED) is 0.494. The lowest BCUT2D eigenvalue weighted by Gasteiger charge is -1.94. The van der Waals surface area contributed by atoms with E-state index in [9.17, 15) is 4.79 Å². The molecule has 0 saturated carbocycles. The van der Waals surface area contributed by atoms with E-state index in [1.807, 2.05) is 6.08 Å². The largest absolute Gasteiger partial charge is 0.464 e. The molecule has 0 saturated heterocycles. The number of thioether (sulfide) groups is 1. The number of nitrogens with zero attached hydrogens (tertiary/aromatic N) is 1. The summed E-state index contributed by atoms with van der Waals surface area (Å²) >= 11 is 7.32. The van der Waals surface area contributed by atoms with Crippen LogP contribution >= 0.6 is 23.4 Å². The van der Waals surface area contributed by atoms with Gasteiger partial charge in [0.15, 0.2) is 0 Å². The first kappa shape index (κ1) is 8.84. The third kappa shape index (κ3) is 1.51. The number of aliphatic imine (C=N–C) groups is 1. The van der Waals surface area contributed by atoms with Gasteiger partial charge in [-0.25, -0.2) is 9.79 Å². The summed E-state index contributed by atoms with van der Waals surface area (Å²) in [6.45, 7) is 0. The molecule has 0 aromatic carbocycles. The summed E-state index contributed by atoms with van der Waals surface area (Å²) in [6, 6.07) is 0. The second kappa shape index (κ2) is 3.20. The van der Waals surface area contributed by atoms with E-state index in [0.717, 1.165) is 10.6 Å². The Morgan fingerprint density at radius 1 is 1.77 bits per heavy atom. The van der Waals surface area contributed by atoms with Crippen LogP contribution in [0.5, 0.6) is 0 Å². The zero-order valence-corrected chi connectivity index (χ0v) is 8.35. The summed E-state index contributed by atoms with van der Waals surface area (Å²) in [5, 5.41) is 0. The first-order valence-electron chi connectivity index (χ1n) is 3.62. The average molecular weight is 216 g/mol. The molecule has 0 amide bonds. The maximum atomic E-state index is 11.1. The summed E-state index contributed by atoms with van der Waals surface area (Å²) in [4.78, 5) is 16.1. The molecule has 0 bridgehead atoms. The number of esters is 1. The van der Waals surface area contributed by atoms with Gasteiger partial charge in [0.1, 0.15) is 10.4 Å². The van der Waals surface area contributed by atoms with E-state index in [1.54, 1.807) is 6.08 Å². The third-order valence-electron chi connectivity index (χ3n) is 1.68. The van der Waals surface area contributed by atoms with Crippen LogP contribution in [0, 0.1) is 0 Å². The fourth-order valence-electron chi connectivity index (χ4n) is 1.12. The topological polar surface area (TPSA) is 38.7 Å². The Labute approximate surface area is 84.5 Å². The first-order valence-corrected chi connectivity index (χ1v) is 4.94. The van der Waals surface area contributed by atoms with Gasteiger partial charge in [-0.05, 0) is 12.2 Å². The summed E-state index contributed by atoms with van der Waals surface area (Å²) in [7, 11) is 1.34. The van der Waals surface area contributed by atoms with Crippen LogP contribution in [-0.2, 0) is 9.53 Å². The Kier molecular flexibility index (Phi) is 2.17. The van der Waals surface area contributed by atoms with E-state index < -0.39 is 5.97 Å². The van der Waals surface area contributed by atoms with E-state index in [4.69, 9.17) is 11.6 Å². The molecule has 2 rings (SSSR count). The van der Waals surface area contributed by atoms with Gasteiger partial charge in [0.05, 0.1) is 12.8 Å². The van der Waals surface area contributed by atoms with Gasteiger partial charge in [0, 0.05) is 4.91 Å². The fraction of sp³-hybridized carbons (Fsp3) is 0.250. The summed E-state index contributed by atoms with van der Waals surface area (Å²) in [6.07, 6.45) is 3.51. The van der Waals surface area contributed by atoms with E-state index in [1.165, 1.54) is 18.9 Å². The van der Waals surface area contributed by atoms with Crippen LogP contribution in [0.2, 0.25) is 0 Å². The molecule has 13 heavy (non-hydrogen) atoms. The summed E-state index contributed by atoms with van der Waals surface area (Å²) in [5.74, 6) is -0.408. The highest BCUT2D eigenvalue weighted by molar-refractivity contribution is 8.05. The van der Waals surface area contributed by atoms with Crippen molar-refractivity contribution in [1.82, 2.24) is 0 Å². The molecule has 68 valence electrons. The average Bonchev–Trinajstić information content (AvgIpc) is 2.59. The molecule has 2 aliphatic heterocycles. The van der Waals surface area contributed by atoms with Gasteiger partial charge in [-0.15, -0.1) is 11.6 Å². The monoisotopic (exact) mass is 215 g/mol. The van der Waals surface area contributed by atoms with Crippen molar-refractivity contribution in [2.45, 2.75) is 4.71 Å². The van der Waals surface area contributed by atoms with Gasteiger partial charge in [-0.3, -0.25) is 0 Å². The molecule has 0 aliphatic carbocycles. The van der Waals surface area contributed by atoms with Crippen LogP contribution < -0.4 is 0 Å². The summed E-state index contributed by atoms with van der Waals surface area (Å²) < 4.78 is 4.48. The number of halogens is 1. The predicted molar refractivity (Wildman–Crippen MR) is 52.8 cm³/mol. The van der Waals surface area contributed by atoms with Gasteiger partial charge >= 0.3 is 5.97 Å². The highest BCUT2D eigenvalue weighted by Crippen LogP contribution is 2.41. The van der Waals surface area contributed by atoms with Crippen molar-refractivity contribution in [3.63, 3.8) is 0 Å². The molecule has 3 nitrogen and oxygen atoms in total. The van der Waals surface area contributed by atoms with Gasteiger partial charge in [0.2, 0.25) is 0 Å². The Bertz CT molecular complexity index is 359. The number of alkyl halides is 1. The van der Waals surface area contributed by atoms with Gasteiger partial charge < -0.3 is 4.74 Å². The Hall–Kier alpha value is -0.740. The summed E-state index contributed by atoms with van der Waals surface area (Å²) in [5.41, 5.74) is 1.13. The molecule has 1 unspecified atom stereocenters. The van der Waals surface area contributed by atoms with Crippen LogP contribution in [0.3, 0.4) is 0 Å². The molecule has 0 radical (unpaired) electrons. The maximum absolute atomic E-state index is 11.1. The number of carbonyl (C=O) groups excluding carboxylic acids is 1. The Balaban J connectivity index is 2.26. The molecule has 0 aromatic heterocycles. The number of hydrogen-bond acceptors (Lipinski definition) is 4. The van der Waals surface area contributed by atoms with Crippen LogP contribution in [0.4, 0.5) is 0 Å². The molecule has 2 heterocycles. The van der Waals surface area contributed by atoms with Crippen LogP contribution in [0.25, 0.3) is 0 Å². The molecule has 0 aromatic rings. The van der Waals surface area contributed by atoms with Crippen molar-refractivity contribution >= 4 is 35.0 Å². The van der Waals surface area contributed by atoms with Gasteiger partial charge in [-0.2, -0.15) is 0 Å². The van der Waals surface area contributed by atoms with Gasteiger partial charge in [-0.1, -0.05) is 11.8 Å². The highest BCUT2D eigenvalue weighted by atomic mass is 35.5. The van der Waals surface area contributed by atoms with Crippen molar-refractivity contribution in [3.8, 4) is 0 Å². The van der Waals surface area contributed by atoms with E-state index in [2.05, 4.69) is 9.73 Å². The van der Waals surface area contributed by atoms with E-state index in [-0.39, 0.29) is 4.71 Å². The van der Waals surface area contributed by atoms with Crippen LogP contribution in [0.1, 0.15) is 0 Å². The molecule has 0 fully saturated rings. The minimum absolute atomic E-state index is 0.0656. The van der Waals surface area contributed by atoms with Crippen molar-refractivity contribution in [2.75, 3.05) is 7.11 Å². The minimum Gasteiger partial charge on any atom is -0.464 e. The number of carbonyl (C=O) groups is 1. The number of rotatable bonds is 1. The fourth-order valence-corrected chi connectivity index (χ4v) is 2.38. The van der Waals surface area contributed by atoms with Crippen LogP contribution in [0.15, 0.2) is 27.7 Å². The molecule has 0 N–H and O–H groups in total. The molecular formula is C8H6ClNO2S. The van der Waals surface area contributed by atoms with Crippen molar-refractivity contribution in [2.24, 2.45) is 4.99 Å². The van der Waals surface area contributed by atoms with Gasteiger partial charge in [0.25, 0.3) is 0 Å². The second-order valence-corrected chi connectivity index (χ2v) is 4.43. The number of fused-ring (bicyclic) bond motifs is 1. The van der Waals surface area contributed by atoms with E-state index in [0.29, 0.717) is 5.71 Å². The number of ether oxygens (including phenoxy) is 1. The van der Waals surface area contributed by atoms with Crippen molar-refractivity contribution < 1.29 is 9.53 Å². The lowest BCUT2D eigenvalue weighted by molar-refractivity contribution is -0.132. The first-order chi connectivity index (χ1) is 6.20. The van der Waals surface area contributed by atoms with Crippen molar-refractivity contribution in [3.05, 3.63) is 22.8 Å². The number of methoxy groups -OCH3 is 1. The lowest BCUT2D eigenvalue weighted by atomic mass is 10.3. The SMILES string of the molecule is COC(=O)C1=NC2=CC(Cl)SC2=C1. The minimum atomic E-state index is -0.408. The second-order valence-electron chi connectivity index (χ2n) is 2.52. The molecular weight excluding hydrogens is 210 g/mol. The predicted octanol–water partition coefficient (Wildman–Crippen LogP) is 1.69. The molecule has 2 aliphatic rings. The van der Waals surface area contributed by atoms with Crippen LogP contribution in [-0.4, -0.2) is 23.5 Å². The maximum Gasteiger partial charge on any atom is 0.356 e. The smallest absolute Gasteiger partial charge is 0.356 e. The normalized spacial score (nSPS) is 24.8. The Morgan fingerprint density at radius 2 is 2.54 bits per heavy atom. The Morgan fingerprint density at radius 3 is 3.15 bits per heavy atom. The van der Waals surface area contributed by atoms with Crippen molar-refractivity contribution in [1.29, 1.82) is 0 Å². The zero-order valence-electron chi connectivity index (χ0n) is 6.78. The standard InChI is InChI=1S/C8H6ClNO2S/c1-12-8(11)5-2-6-4(10-5)3-7(9)13-6/h2-3,7H,1H3. The lowest BCUT2D eigenvalue weighted by Crippen LogP contribution is -2.11.